The van der Waals surface area contributed by atoms with Crippen LogP contribution < -0.4 is 0 Å². The van der Waals surface area contributed by atoms with Gasteiger partial charge >= 0.3 is 0 Å². The average molecular weight is 298 g/mol. The van der Waals surface area contributed by atoms with Crippen molar-refractivity contribution in [3.8, 4) is 0 Å². The van der Waals surface area contributed by atoms with Crippen LogP contribution in [0.2, 0.25) is 0 Å². The zero-order valence-corrected chi connectivity index (χ0v) is 12.3. The fourth-order valence-electron chi connectivity index (χ4n) is 2.93. The third kappa shape index (κ3) is 2.50. The highest BCUT2D eigenvalue weighted by atomic mass is 16.5. The van der Waals surface area contributed by atoms with Gasteiger partial charge < -0.3 is 9.15 Å². The van der Waals surface area contributed by atoms with E-state index < -0.39 is 0 Å². The van der Waals surface area contributed by atoms with Crippen LogP contribution in [0.15, 0.2) is 35.5 Å². The number of aromatic nitrogens is 4. The summed E-state index contributed by atoms with van der Waals surface area (Å²) in [6.07, 6.45) is 10.1. The number of furan rings is 1. The molecule has 0 spiro atoms. The number of aryl methyl sites for hydroxylation is 2. The summed E-state index contributed by atoms with van der Waals surface area (Å²) in [6.45, 7) is 0.806. The molecule has 0 aliphatic carbocycles. The first-order chi connectivity index (χ1) is 10.9. The van der Waals surface area contributed by atoms with Crippen molar-refractivity contribution in [1.29, 1.82) is 0 Å². The van der Waals surface area contributed by atoms with Crippen LogP contribution in [-0.2, 0) is 17.6 Å². The molecule has 0 saturated carbocycles. The van der Waals surface area contributed by atoms with Gasteiger partial charge in [0.05, 0.1) is 18.3 Å². The summed E-state index contributed by atoms with van der Waals surface area (Å²) >= 11 is 0. The largest absolute Gasteiger partial charge is 0.469 e. The minimum absolute atomic E-state index is 0.0478. The van der Waals surface area contributed by atoms with E-state index >= 15 is 0 Å². The van der Waals surface area contributed by atoms with E-state index in [4.69, 9.17) is 9.15 Å². The molecule has 0 aromatic carbocycles. The average Bonchev–Trinajstić information content (AvgIpc) is 3.23. The fourth-order valence-corrected chi connectivity index (χ4v) is 2.93. The van der Waals surface area contributed by atoms with Crippen LogP contribution in [0.3, 0.4) is 0 Å². The summed E-state index contributed by atoms with van der Waals surface area (Å²) in [7, 11) is 0. The second kappa shape index (κ2) is 5.88. The maximum Gasteiger partial charge on any atom is 0.165 e. The number of nitrogens with zero attached hydrogens (tertiary/aromatic N) is 4. The molecule has 3 aromatic heterocycles. The number of fused-ring (bicyclic) bond motifs is 1. The van der Waals surface area contributed by atoms with Crippen LogP contribution in [0.1, 0.15) is 36.9 Å². The Balaban J connectivity index is 1.61. The Hall–Kier alpha value is -2.21. The van der Waals surface area contributed by atoms with Gasteiger partial charge in [0.15, 0.2) is 5.65 Å². The molecule has 1 aliphatic heterocycles. The second-order valence-electron chi connectivity index (χ2n) is 5.55. The third-order valence-corrected chi connectivity index (χ3v) is 4.09. The van der Waals surface area contributed by atoms with E-state index in [9.17, 15) is 0 Å². The van der Waals surface area contributed by atoms with E-state index in [1.165, 1.54) is 6.42 Å². The van der Waals surface area contributed by atoms with E-state index in [0.717, 1.165) is 54.9 Å². The van der Waals surface area contributed by atoms with Crippen LogP contribution in [-0.4, -0.2) is 26.1 Å². The smallest absolute Gasteiger partial charge is 0.165 e. The van der Waals surface area contributed by atoms with Crippen molar-refractivity contribution in [3.05, 3.63) is 42.5 Å². The summed E-state index contributed by atoms with van der Waals surface area (Å²) < 4.78 is 13.2. The highest BCUT2D eigenvalue weighted by molar-refractivity contribution is 5.73. The molecule has 3 aromatic rings. The third-order valence-electron chi connectivity index (χ3n) is 4.09. The van der Waals surface area contributed by atoms with Gasteiger partial charge in [-0.1, -0.05) is 0 Å². The number of ether oxygens (including phenoxy) is 1. The molecule has 1 fully saturated rings. The molecular formula is C16H18N4O2. The molecule has 1 saturated heterocycles. The zero-order chi connectivity index (χ0) is 14.8. The van der Waals surface area contributed by atoms with Gasteiger partial charge in [-0.3, -0.25) is 4.57 Å². The van der Waals surface area contributed by atoms with Gasteiger partial charge in [-0.05, 0) is 37.8 Å². The Kier molecular flexibility index (Phi) is 3.60. The molecule has 6 nitrogen and oxygen atoms in total. The normalized spacial score (nSPS) is 18.8. The van der Waals surface area contributed by atoms with Crippen molar-refractivity contribution < 1.29 is 9.15 Å². The van der Waals surface area contributed by atoms with E-state index in [1.54, 1.807) is 12.6 Å². The van der Waals surface area contributed by atoms with Crippen molar-refractivity contribution in [1.82, 2.24) is 19.5 Å². The van der Waals surface area contributed by atoms with Crippen LogP contribution in [0.25, 0.3) is 11.2 Å². The molecule has 1 atom stereocenters. The van der Waals surface area contributed by atoms with Gasteiger partial charge in [0.1, 0.15) is 23.8 Å². The summed E-state index contributed by atoms with van der Waals surface area (Å²) in [6, 6.07) is 3.88. The number of hydrogen-bond acceptors (Lipinski definition) is 5. The van der Waals surface area contributed by atoms with Crippen molar-refractivity contribution in [2.24, 2.45) is 0 Å². The summed E-state index contributed by atoms with van der Waals surface area (Å²) in [4.78, 5) is 13.3. The van der Waals surface area contributed by atoms with Crippen LogP contribution >= 0.6 is 0 Å². The van der Waals surface area contributed by atoms with E-state index in [-0.39, 0.29) is 6.23 Å². The summed E-state index contributed by atoms with van der Waals surface area (Å²) in [5.74, 6) is 0.960. The van der Waals surface area contributed by atoms with E-state index in [2.05, 4.69) is 15.0 Å². The number of rotatable bonds is 4. The lowest BCUT2D eigenvalue weighted by Crippen LogP contribution is -2.17. The minimum Gasteiger partial charge on any atom is -0.469 e. The topological polar surface area (TPSA) is 66.0 Å². The van der Waals surface area contributed by atoms with Crippen molar-refractivity contribution >= 4 is 11.2 Å². The first kappa shape index (κ1) is 13.5. The first-order valence-corrected chi connectivity index (χ1v) is 7.72. The summed E-state index contributed by atoms with van der Waals surface area (Å²) in [5, 5.41) is 0. The molecule has 1 aliphatic rings. The quantitative estimate of drug-likeness (QED) is 0.741. The number of hydrogen-bond donors (Lipinski definition) is 0. The lowest BCUT2D eigenvalue weighted by molar-refractivity contribution is -0.0298. The Morgan fingerprint density at radius 3 is 3.00 bits per heavy atom. The molecule has 114 valence electrons. The van der Waals surface area contributed by atoms with E-state index in [0.29, 0.717) is 0 Å². The SMILES string of the molecule is c1coc(CCc2ncnc3c2ncn3C2CCCCO2)c1. The van der Waals surface area contributed by atoms with Crippen molar-refractivity contribution in [2.45, 2.75) is 38.3 Å². The monoisotopic (exact) mass is 298 g/mol. The van der Waals surface area contributed by atoms with E-state index in [1.807, 2.05) is 23.0 Å². The van der Waals surface area contributed by atoms with Gasteiger partial charge in [0.2, 0.25) is 0 Å². The Bertz CT molecular complexity index is 745. The predicted octanol–water partition coefficient (Wildman–Crippen LogP) is 2.90. The zero-order valence-electron chi connectivity index (χ0n) is 12.3. The minimum atomic E-state index is 0.0478. The lowest BCUT2D eigenvalue weighted by Gasteiger charge is -2.23. The molecule has 0 N–H and O–H groups in total. The Morgan fingerprint density at radius 2 is 2.18 bits per heavy atom. The van der Waals surface area contributed by atoms with Gasteiger partial charge in [-0.15, -0.1) is 0 Å². The fraction of sp³-hybridized carbons (Fsp3) is 0.438. The standard InChI is InChI=1S/C16H18N4O2/c1-2-8-22-14(5-1)20-11-19-15-13(17-10-18-16(15)20)7-6-12-4-3-9-21-12/h3-4,9-11,14H,1-2,5-8H2. The summed E-state index contributed by atoms with van der Waals surface area (Å²) in [5.41, 5.74) is 2.68. The van der Waals surface area contributed by atoms with Crippen molar-refractivity contribution in [3.63, 3.8) is 0 Å². The van der Waals surface area contributed by atoms with Crippen LogP contribution in [0, 0.1) is 0 Å². The Labute approximate surface area is 128 Å². The second-order valence-corrected chi connectivity index (χ2v) is 5.55. The predicted molar refractivity (Wildman–Crippen MR) is 80.3 cm³/mol. The molecule has 4 rings (SSSR count). The molecule has 4 heterocycles. The maximum atomic E-state index is 5.84. The molecule has 1 unspecified atom stereocenters. The molecular weight excluding hydrogens is 280 g/mol. The molecule has 0 amide bonds. The molecule has 0 bridgehead atoms. The maximum absolute atomic E-state index is 5.84. The van der Waals surface area contributed by atoms with Crippen molar-refractivity contribution in [2.75, 3.05) is 6.61 Å². The van der Waals surface area contributed by atoms with Gasteiger partial charge in [-0.25, -0.2) is 15.0 Å². The van der Waals surface area contributed by atoms with Crippen LogP contribution in [0.5, 0.6) is 0 Å². The van der Waals surface area contributed by atoms with Crippen LogP contribution in [0.4, 0.5) is 0 Å². The number of imidazole rings is 1. The molecule has 22 heavy (non-hydrogen) atoms. The first-order valence-electron chi connectivity index (χ1n) is 7.72. The highest BCUT2D eigenvalue weighted by Crippen LogP contribution is 2.26. The lowest BCUT2D eigenvalue weighted by atomic mass is 10.2. The molecule has 0 radical (unpaired) electrons. The highest BCUT2D eigenvalue weighted by Gasteiger charge is 2.20. The van der Waals surface area contributed by atoms with Gasteiger partial charge in [0, 0.05) is 13.0 Å². The van der Waals surface area contributed by atoms with Gasteiger partial charge in [-0.2, -0.15) is 0 Å². The Morgan fingerprint density at radius 1 is 1.18 bits per heavy atom. The van der Waals surface area contributed by atoms with Gasteiger partial charge in [0.25, 0.3) is 0 Å². The molecule has 6 heteroatoms.